The van der Waals surface area contributed by atoms with Gasteiger partial charge in [0.2, 0.25) is 5.91 Å². The fourth-order valence-corrected chi connectivity index (χ4v) is 3.87. The molecule has 1 saturated carbocycles. The summed E-state index contributed by atoms with van der Waals surface area (Å²) in [4.78, 5) is 26.4. The van der Waals surface area contributed by atoms with E-state index in [1.54, 1.807) is 23.1 Å². The predicted molar refractivity (Wildman–Crippen MR) is 85.8 cm³/mol. The molecule has 4 nitrogen and oxygen atoms in total. The van der Waals surface area contributed by atoms with E-state index in [1.807, 2.05) is 6.92 Å². The number of hydrogen-bond acceptors (Lipinski definition) is 2. The summed E-state index contributed by atoms with van der Waals surface area (Å²) < 4.78 is 0.872. The lowest BCUT2D eigenvalue weighted by molar-refractivity contribution is -0.136. The van der Waals surface area contributed by atoms with Gasteiger partial charge < -0.3 is 5.32 Å². The predicted octanol–water partition coefficient (Wildman–Crippen LogP) is 2.58. The quantitative estimate of drug-likeness (QED) is 0.770. The minimum atomic E-state index is -0.766. The molecule has 1 aromatic carbocycles. The van der Waals surface area contributed by atoms with Crippen LogP contribution in [0.3, 0.4) is 0 Å². The highest BCUT2D eigenvalue weighted by Crippen LogP contribution is 2.42. The molecule has 1 aliphatic carbocycles. The van der Waals surface area contributed by atoms with Crippen molar-refractivity contribution in [1.29, 1.82) is 0 Å². The molecule has 106 valence electrons. The van der Waals surface area contributed by atoms with Crippen LogP contribution < -0.4 is 10.2 Å². The van der Waals surface area contributed by atoms with Crippen molar-refractivity contribution in [3.8, 4) is 0 Å². The Morgan fingerprint density at radius 2 is 2.10 bits per heavy atom. The van der Waals surface area contributed by atoms with E-state index in [9.17, 15) is 9.59 Å². The molecular formula is C14H14ClIN2O2. The molecule has 0 bridgehead atoms. The van der Waals surface area contributed by atoms with E-state index in [2.05, 4.69) is 27.9 Å². The molecule has 1 heterocycles. The van der Waals surface area contributed by atoms with Gasteiger partial charge in [-0.3, -0.25) is 14.5 Å². The number of nitrogens with zero attached hydrogens (tertiary/aromatic N) is 1. The molecule has 6 heteroatoms. The van der Waals surface area contributed by atoms with Crippen LogP contribution in [0.4, 0.5) is 5.69 Å². The van der Waals surface area contributed by atoms with Crippen molar-refractivity contribution < 1.29 is 9.59 Å². The monoisotopic (exact) mass is 404 g/mol. The summed E-state index contributed by atoms with van der Waals surface area (Å²) >= 11 is 8.09. The Kier molecular flexibility index (Phi) is 3.44. The molecule has 3 rings (SSSR count). The summed E-state index contributed by atoms with van der Waals surface area (Å²) in [5.41, 5.74) is -0.0142. The highest BCUT2D eigenvalue weighted by molar-refractivity contribution is 14.1. The Bertz CT molecular complexity index is 603. The van der Waals surface area contributed by atoms with Crippen LogP contribution >= 0.6 is 34.2 Å². The van der Waals surface area contributed by atoms with Crippen molar-refractivity contribution >= 4 is 51.7 Å². The Labute approximate surface area is 136 Å². The van der Waals surface area contributed by atoms with Gasteiger partial charge in [-0.1, -0.05) is 11.6 Å². The number of amides is 2. The lowest BCUT2D eigenvalue weighted by atomic mass is 9.91. The highest BCUT2D eigenvalue weighted by atomic mass is 127. The van der Waals surface area contributed by atoms with E-state index in [4.69, 9.17) is 11.6 Å². The van der Waals surface area contributed by atoms with Crippen LogP contribution in [0, 0.1) is 9.49 Å². The molecular weight excluding hydrogens is 391 g/mol. The van der Waals surface area contributed by atoms with Crippen LogP contribution in [-0.4, -0.2) is 23.9 Å². The van der Waals surface area contributed by atoms with Gasteiger partial charge in [0.15, 0.2) is 0 Å². The van der Waals surface area contributed by atoms with Crippen LogP contribution in [-0.2, 0) is 9.59 Å². The summed E-state index contributed by atoms with van der Waals surface area (Å²) in [5.74, 6) is 0.122. The number of piperazine rings is 1. The van der Waals surface area contributed by atoms with Gasteiger partial charge in [0.1, 0.15) is 12.1 Å². The zero-order valence-corrected chi connectivity index (χ0v) is 13.9. The van der Waals surface area contributed by atoms with Gasteiger partial charge in [-0.25, -0.2) is 0 Å². The lowest BCUT2D eigenvalue weighted by Gasteiger charge is -2.40. The Morgan fingerprint density at radius 3 is 2.70 bits per heavy atom. The molecule has 1 aliphatic heterocycles. The molecule has 0 radical (unpaired) electrons. The van der Waals surface area contributed by atoms with Crippen molar-refractivity contribution in [3.63, 3.8) is 0 Å². The third-order valence-electron chi connectivity index (χ3n) is 3.98. The number of carbonyl (C=O) groups excluding carboxylic acids is 2. The first-order valence-corrected chi connectivity index (χ1v) is 7.95. The van der Waals surface area contributed by atoms with Crippen molar-refractivity contribution in [2.24, 2.45) is 5.92 Å². The summed E-state index contributed by atoms with van der Waals surface area (Å²) in [5, 5.41) is 3.50. The molecule has 1 unspecified atom stereocenters. The number of anilines is 1. The average Bonchev–Trinajstić information content (AvgIpc) is 3.18. The molecule has 2 fully saturated rings. The molecule has 1 atom stereocenters. The third kappa shape index (κ3) is 2.30. The van der Waals surface area contributed by atoms with E-state index in [-0.39, 0.29) is 24.3 Å². The van der Waals surface area contributed by atoms with Crippen molar-refractivity contribution in [2.45, 2.75) is 25.3 Å². The topological polar surface area (TPSA) is 49.4 Å². The number of hydrogen-bond donors (Lipinski definition) is 1. The van der Waals surface area contributed by atoms with Crippen LogP contribution in [0.5, 0.6) is 0 Å². The van der Waals surface area contributed by atoms with Gasteiger partial charge in [0, 0.05) is 8.59 Å². The van der Waals surface area contributed by atoms with Crippen molar-refractivity contribution in [2.75, 3.05) is 11.4 Å². The van der Waals surface area contributed by atoms with Gasteiger partial charge >= 0.3 is 0 Å². The second-order valence-electron chi connectivity index (χ2n) is 5.51. The Hall–Kier alpha value is -0.820. The fourth-order valence-electron chi connectivity index (χ4n) is 2.71. The fraction of sp³-hybridized carbons (Fsp3) is 0.429. The van der Waals surface area contributed by atoms with Gasteiger partial charge in [-0.15, -0.1) is 0 Å². The molecule has 1 aromatic rings. The van der Waals surface area contributed by atoms with E-state index >= 15 is 0 Å². The van der Waals surface area contributed by atoms with Gasteiger partial charge in [-0.2, -0.15) is 0 Å². The lowest BCUT2D eigenvalue weighted by Crippen LogP contribution is -2.66. The minimum absolute atomic E-state index is 0.0279. The zero-order valence-electron chi connectivity index (χ0n) is 11.0. The van der Waals surface area contributed by atoms with Crippen molar-refractivity contribution in [3.05, 3.63) is 26.8 Å². The van der Waals surface area contributed by atoms with E-state index in [0.717, 1.165) is 22.1 Å². The Morgan fingerprint density at radius 1 is 1.40 bits per heavy atom. The van der Waals surface area contributed by atoms with E-state index in [0.29, 0.717) is 5.02 Å². The number of halogens is 2. The molecule has 1 N–H and O–H groups in total. The molecule has 0 aromatic heterocycles. The average molecular weight is 405 g/mol. The van der Waals surface area contributed by atoms with Crippen LogP contribution in [0.25, 0.3) is 0 Å². The first-order valence-electron chi connectivity index (χ1n) is 6.50. The summed E-state index contributed by atoms with van der Waals surface area (Å²) in [6.07, 6.45) is 1.99. The van der Waals surface area contributed by atoms with Gasteiger partial charge in [-0.05, 0) is 66.5 Å². The molecule has 2 aliphatic rings. The van der Waals surface area contributed by atoms with Crippen LogP contribution in [0.15, 0.2) is 18.2 Å². The number of carbonyl (C=O) groups is 2. The third-order valence-corrected chi connectivity index (χ3v) is 5.08. The van der Waals surface area contributed by atoms with Gasteiger partial charge in [0.25, 0.3) is 5.91 Å². The molecule has 20 heavy (non-hydrogen) atoms. The number of nitrogens with one attached hydrogen (secondary N) is 1. The van der Waals surface area contributed by atoms with Crippen LogP contribution in [0.1, 0.15) is 19.8 Å². The minimum Gasteiger partial charge on any atom is -0.340 e. The zero-order chi connectivity index (χ0) is 14.5. The largest absolute Gasteiger partial charge is 0.340 e. The second kappa shape index (κ2) is 4.87. The smallest absolute Gasteiger partial charge is 0.253 e. The first kappa shape index (κ1) is 14.1. The summed E-state index contributed by atoms with van der Waals surface area (Å²) in [6.45, 7) is 1.90. The molecule has 2 amide bonds. The first-order chi connectivity index (χ1) is 9.41. The summed E-state index contributed by atoms with van der Waals surface area (Å²) in [6, 6.07) is 5.34. The Balaban J connectivity index is 1.99. The van der Waals surface area contributed by atoms with Gasteiger partial charge in [0.05, 0.1) is 5.69 Å². The summed E-state index contributed by atoms with van der Waals surface area (Å²) in [7, 11) is 0. The van der Waals surface area contributed by atoms with E-state index < -0.39 is 5.54 Å². The van der Waals surface area contributed by atoms with Crippen LogP contribution in [0.2, 0.25) is 5.02 Å². The highest BCUT2D eigenvalue weighted by Gasteiger charge is 2.53. The maximum atomic E-state index is 12.8. The number of benzene rings is 1. The standard InChI is InChI=1S/C14H14ClIN2O2/c1-14(8-2-3-8)13(20)18(7-12(19)17-14)11-5-4-9(15)6-10(11)16/h4-6,8H,2-3,7H2,1H3,(H,17,19). The SMILES string of the molecule is CC1(C2CC2)NC(=O)CN(c2ccc(Cl)cc2I)C1=O. The normalized spacial score (nSPS) is 26.6. The molecule has 1 saturated heterocycles. The second-order valence-corrected chi connectivity index (χ2v) is 7.11. The maximum Gasteiger partial charge on any atom is 0.253 e. The van der Waals surface area contributed by atoms with E-state index in [1.165, 1.54) is 0 Å². The molecule has 0 spiro atoms. The maximum absolute atomic E-state index is 12.8. The number of rotatable bonds is 2. The van der Waals surface area contributed by atoms with Crippen molar-refractivity contribution in [1.82, 2.24) is 5.32 Å².